The van der Waals surface area contributed by atoms with Crippen molar-refractivity contribution in [3.63, 3.8) is 0 Å². The van der Waals surface area contributed by atoms with E-state index in [9.17, 15) is 5.11 Å². The van der Waals surface area contributed by atoms with E-state index in [0.29, 0.717) is 18.9 Å². The molecule has 0 saturated heterocycles. The molecule has 2 nitrogen and oxygen atoms in total. The molecule has 1 radical (unpaired) electrons. The molecule has 10 heavy (non-hydrogen) atoms. The van der Waals surface area contributed by atoms with E-state index in [4.69, 9.17) is 4.74 Å². The molecular weight excluding hydrogens is 128 g/mol. The number of hydrogen-bond donors (Lipinski definition) is 0. The van der Waals surface area contributed by atoms with Gasteiger partial charge < -0.3 is 4.74 Å². The summed E-state index contributed by atoms with van der Waals surface area (Å²) in [7, 11) is 0. The van der Waals surface area contributed by atoms with Gasteiger partial charge in [0.15, 0.2) is 0 Å². The van der Waals surface area contributed by atoms with Crippen LogP contribution in [0.5, 0.6) is 0 Å². The van der Waals surface area contributed by atoms with Crippen molar-refractivity contribution in [3.05, 3.63) is 0 Å². The molecule has 0 bridgehead atoms. The maximum absolute atomic E-state index is 9.95. The van der Waals surface area contributed by atoms with Crippen LogP contribution in [0.2, 0.25) is 0 Å². The number of ether oxygens (including phenoxy) is 1. The summed E-state index contributed by atoms with van der Waals surface area (Å²) in [5.74, 6) is 0.701. The summed E-state index contributed by atoms with van der Waals surface area (Å²) in [6.45, 7) is 5.75. The fourth-order valence-electron chi connectivity index (χ4n) is 0.582. The smallest absolute Gasteiger partial charge is 0.0844 e. The first-order valence-electron chi connectivity index (χ1n) is 3.93. The lowest BCUT2D eigenvalue weighted by Crippen LogP contribution is -2.01. The van der Waals surface area contributed by atoms with Crippen LogP contribution in [0.3, 0.4) is 0 Å². The highest BCUT2D eigenvalue weighted by molar-refractivity contribution is 4.42. The fraction of sp³-hybridized carbons (Fsp3) is 1.00. The van der Waals surface area contributed by atoms with E-state index in [0.717, 1.165) is 13.0 Å². The van der Waals surface area contributed by atoms with Crippen LogP contribution in [0, 0.1) is 5.92 Å². The molecule has 0 aromatic heterocycles. The lowest BCUT2D eigenvalue weighted by atomic mass is 10.1. The van der Waals surface area contributed by atoms with E-state index in [-0.39, 0.29) is 6.61 Å². The standard InChI is InChI=1S/C8H17O2/c1-8(2)4-7-10-6-3-5-9/h8H,3-7H2,1-2H3. The third-order valence-electron chi connectivity index (χ3n) is 1.27. The highest BCUT2D eigenvalue weighted by Gasteiger charge is 1.92. The second kappa shape index (κ2) is 7.03. The zero-order valence-electron chi connectivity index (χ0n) is 6.93. The molecule has 61 valence electrons. The molecule has 0 atom stereocenters. The molecule has 0 rings (SSSR count). The molecule has 0 aliphatic carbocycles. The third-order valence-corrected chi connectivity index (χ3v) is 1.27. The Kier molecular flexibility index (Phi) is 6.98. The lowest BCUT2D eigenvalue weighted by molar-refractivity contribution is 0.0926. The molecule has 0 N–H and O–H groups in total. The second-order valence-corrected chi connectivity index (χ2v) is 2.85. The Morgan fingerprint density at radius 1 is 1.30 bits per heavy atom. The second-order valence-electron chi connectivity index (χ2n) is 2.85. The minimum atomic E-state index is -0.0122. The summed E-state index contributed by atoms with van der Waals surface area (Å²) >= 11 is 0. The topological polar surface area (TPSA) is 29.1 Å². The molecule has 0 aromatic carbocycles. The maximum atomic E-state index is 9.95. The van der Waals surface area contributed by atoms with E-state index in [2.05, 4.69) is 13.8 Å². The van der Waals surface area contributed by atoms with Crippen LogP contribution in [0.15, 0.2) is 0 Å². The number of rotatable bonds is 6. The van der Waals surface area contributed by atoms with Crippen molar-refractivity contribution in [2.45, 2.75) is 26.7 Å². The minimum absolute atomic E-state index is 0.0122. The van der Waals surface area contributed by atoms with Gasteiger partial charge in [0.05, 0.1) is 6.61 Å². The Morgan fingerprint density at radius 3 is 2.50 bits per heavy atom. The van der Waals surface area contributed by atoms with Crippen molar-refractivity contribution in [2.24, 2.45) is 5.92 Å². The lowest BCUT2D eigenvalue weighted by Gasteiger charge is -2.04. The molecule has 0 fully saturated rings. The summed E-state index contributed by atoms with van der Waals surface area (Å²) in [6.07, 6.45) is 1.75. The van der Waals surface area contributed by atoms with Crippen molar-refractivity contribution in [1.82, 2.24) is 0 Å². The normalized spacial score (nSPS) is 10.8. The quantitative estimate of drug-likeness (QED) is 0.524. The highest BCUT2D eigenvalue weighted by Crippen LogP contribution is 1.98. The summed E-state index contributed by atoms with van der Waals surface area (Å²) in [5, 5.41) is 9.95. The Morgan fingerprint density at radius 2 is 2.00 bits per heavy atom. The molecule has 0 spiro atoms. The highest BCUT2D eigenvalue weighted by atomic mass is 16.5. The van der Waals surface area contributed by atoms with Crippen LogP contribution in [0.4, 0.5) is 0 Å². The van der Waals surface area contributed by atoms with E-state index >= 15 is 0 Å². The van der Waals surface area contributed by atoms with Crippen LogP contribution in [0.25, 0.3) is 0 Å². The van der Waals surface area contributed by atoms with Gasteiger partial charge in [0, 0.05) is 13.2 Å². The van der Waals surface area contributed by atoms with Crippen LogP contribution in [-0.2, 0) is 9.84 Å². The summed E-state index contributed by atoms with van der Waals surface area (Å²) < 4.78 is 5.18. The molecule has 0 heterocycles. The Bertz CT molecular complexity index is 62.3. The molecule has 0 aromatic rings. The molecule has 0 aliphatic heterocycles. The van der Waals surface area contributed by atoms with Gasteiger partial charge in [0.25, 0.3) is 0 Å². The average Bonchev–Trinajstić information content (AvgIpc) is 1.87. The summed E-state index contributed by atoms with van der Waals surface area (Å²) in [4.78, 5) is 0. The fourth-order valence-corrected chi connectivity index (χ4v) is 0.582. The van der Waals surface area contributed by atoms with E-state index in [1.54, 1.807) is 0 Å². The van der Waals surface area contributed by atoms with Crippen molar-refractivity contribution < 1.29 is 9.84 Å². The van der Waals surface area contributed by atoms with Crippen molar-refractivity contribution in [2.75, 3.05) is 19.8 Å². The van der Waals surface area contributed by atoms with Gasteiger partial charge in [-0.15, -0.1) is 0 Å². The van der Waals surface area contributed by atoms with Crippen LogP contribution < -0.4 is 0 Å². The predicted molar refractivity (Wildman–Crippen MR) is 40.4 cm³/mol. The Hall–Kier alpha value is -0.0800. The average molecular weight is 145 g/mol. The van der Waals surface area contributed by atoms with Gasteiger partial charge in [-0.3, -0.25) is 0 Å². The largest absolute Gasteiger partial charge is 0.381 e. The SMILES string of the molecule is CC(C)CCOCCC[O]. The third kappa shape index (κ3) is 7.92. The molecule has 0 aliphatic rings. The first-order valence-corrected chi connectivity index (χ1v) is 3.93. The van der Waals surface area contributed by atoms with Gasteiger partial charge in [0.2, 0.25) is 0 Å². The van der Waals surface area contributed by atoms with Crippen molar-refractivity contribution >= 4 is 0 Å². The van der Waals surface area contributed by atoms with Gasteiger partial charge >= 0.3 is 0 Å². The Balaban J connectivity index is 2.77. The van der Waals surface area contributed by atoms with Gasteiger partial charge in [-0.05, 0) is 18.8 Å². The van der Waals surface area contributed by atoms with Gasteiger partial charge in [-0.1, -0.05) is 13.8 Å². The van der Waals surface area contributed by atoms with Gasteiger partial charge in [0.1, 0.15) is 0 Å². The van der Waals surface area contributed by atoms with E-state index in [1.807, 2.05) is 0 Å². The maximum Gasteiger partial charge on any atom is 0.0844 e. The van der Waals surface area contributed by atoms with Crippen LogP contribution in [0.1, 0.15) is 26.7 Å². The van der Waals surface area contributed by atoms with Gasteiger partial charge in [-0.2, -0.15) is 0 Å². The van der Waals surface area contributed by atoms with Crippen LogP contribution in [-0.4, -0.2) is 19.8 Å². The van der Waals surface area contributed by atoms with Crippen molar-refractivity contribution in [3.8, 4) is 0 Å². The Labute approximate surface area is 63.2 Å². The van der Waals surface area contributed by atoms with E-state index < -0.39 is 0 Å². The van der Waals surface area contributed by atoms with Gasteiger partial charge in [-0.25, -0.2) is 5.11 Å². The zero-order chi connectivity index (χ0) is 7.82. The first kappa shape index (κ1) is 9.92. The summed E-state index contributed by atoms with van der Waals surface area (Å²) in [6, 6.07) is 0. The molecule has 2 heteroatoms. The molecule has 0 saturated carbocycles. The predicted octanol–water partition coefficient (Wildman–Crippen LogP) is 1.87. The molecular formula is C8H17O2. The summed E-state index contributed by atoms with van der Waals surface area (Å²) in [5.41, 5.74) is 0. The van der Waals surface area contributed by atoms with E-state index in [1.165, 1.54) is 0 Å². The van der Waals surface area contributed by atoms with Crippen LogP contribution >= 0.6 is 0 Å². The monoisotopic (exact) mass is 145 g/mol. The zero-order valence-corrected chi connectivity index (χ0v) is 6.93. The number of hydrogen-bond acceptors (Lipinski definition) is 1. The minimum Gasteiger partial charge on any atom is -0.381 e. The van der Waals surface area contributed by atoms with Crippen molar-refractivity contribution in [1.29, 1.82) is 0 Å². The first-order chi connectivity index (χ1) is 4.77. The molecule has 0 amide bonds. The molecule has 0 unspecified atom stereocenters.